The number of para-hydroxylation sites is 1. The van der Waals surface area contributed by atoms with Crippen LogP contribution in [0.2, 0.25) is 0 Å². The predicted molar refractivity (Wildman–Crippen MR) is 53.6 cm³/mol. The molecule has 78 valence electrons. The third-order valence-corrected chi connectivity index (χ3v) is 1.10. The van der Waals surface area contributed by atoms with E-state index < -0.39 is 5.97 Å². The van der Waals surface area contributed by atoms with Crippen molar-refractivity contribution in [3.05, 3.63) is 30.3 Å². The maximum absolute atomic E-state index is 9.24. The van der Waals surface area contributed by atoms with Crippen molar-refractivity contribution in [1.82, 2.24) is 0 Å². The van der Waals surface area contributed by atoms with Crippen molar-refractivity contribution in [2.24, 2.45) is 0 Å². The summed E-state index contributed by atoms with van der Waals surface area (Å²) in [7, 11) is 0. The van der Waals surface area contributed by atoms with E-state index in [-0.39, 0.29) is 5.88 Å². The SMILES string of the molecule is C=O.O=C(O)CCl.Oc1ccccc1. The minimum atomic E-state index is -0.980. The van der Waals surface area contributed by atoms with Gasteiger partial charge in [0.15, 0.2) is 0 Å². The zero-order chi connectivity index (χ0) is 11.4. The van der Waals surface area contributed by atoms with Crippen molar-refractivity contribution in [1.29, 1.82) is 0 Å². The molecule has 0 spiro atoms. The highest BCUT2D eigenvalue weighted by molar-refractivity contribution is 6.26. The minimum Gasteiger partial charge on any atom is -0.508 e. The van der Waals surface area contributed by atoms with Crippen LogP contribution >= 0.6 is 11.6 Å². The number of hydrogen-bond acceptors (Lipinski definition) is 3. The molecule has 4 nitrogen and oxygen atoms in total. The molecule has 1 aromatic carbocycles. The smallest absolute Gasteiger partial charge is 0.318 e. The third kappa shape index (κ3) is 13.1. The van der Waals surface area contributed by atoms with Crippen LogP contribution in [0, 0.1) is 0 Å². The molecule has 0 aliphatic heterocycles. The third-order valence-electron chi connectivity index (χ3n) is 0.871. The molecule has 0 atom stereocenters. The van der Waals surface area contributed by atoms with Gasteiger partial charge in [-0.2, -0.15) is 0 Å². The summed E-state index contributed by atoms with van der Waals surface area (Å²) in [6.45, 7) is 2.00. The number of halogens is 1. The van der Waals surface area contributed by atoms with Crippen molar-refractivity contribution < 1.29 is 19.8 Å². The Balaban J connectivity index is 0. The van der Waals surface area contributed by atoms with Crippen LogP contribution < -0.4 is 0 Å². The van der Waals surface area contributed by atoms with Crippen LogP contribution in [0.1, 0.15) is 0 Å². The van der Waals surface area contributed by atoms with Gasteiger partial charge in [0.25, 0.3) is 0 Å². The molecule has 0 aliphatic carbocycles. The van der Waals surface area contributed by atoms with Crippen molar-refractivity contribution in [2.45, 2.75) is 0 Å². The molecule has 1 aromatic rings. The standard InChI is InChI=1S/C6H6O.C2H3ClO2.CH2O/c7-6-4-2-1-3-5-6;3-1-2(4)5;1-2/h1-5,7H;1H2,(H,4,5);1H2. The zero-order valence-corrected chi connectivity index (χ0v) is 8.15. The fourth-order valence-electron chi connectivity index (χ4n) is 0.428. The van der Waals surface area contributed by atoms with Gasteiger partial charge in [-0.05, 0) is 12.1 Å². The van der Waals surface area contributed by atoms with Gasteiger partial charge in [0.2, 0.25) is 0 Å². The van der Waals surface area contributed by atoms with Gasteiger partial charge in [-0.3, -0.25) is 4.79 Å². The van der Waals surface area contributed by atoms with Crippen molar-refractivity contribution in [2.75, 3.05) is 5.88 Å². The molecular formula is C9H11ClO4. The maximum atomic E-state index is 9.24. The van der Waals surface area contributed by atoms with Crippen LogP contribution in [-0.4, -0.2) is 28.9 Å². The lowest BCUT2D eigenvalue weighted by molar-refractivity contribution is -0.134. The lowest BCUT2D eigenvalue weighted by Crippen LogP contribution is -1.92. The van der Waals surface area contributed by atoms with Crippen LogP contribution in [0.4, 0.5) is 0 Å². The molecular weight excluding hydrogens is 208 g/mol. The largest absolute Gasteiger partial charge is 0.508 e. The number of aromatic hydroxyl groups is 1. The molecule has 0 aliphatic rings. The van der Waals surface area contributed by atoms with Gasteiger partial charge in [0.05, 0.1) is 0 Å². The molecule has 0 aromatic heterocycles. The highest BCUT2D eigenvalue weighted by Crippen LogP contribution is 2.02. The lowest BCUT2D eigenvalue weighted by Gasteiger charge is -1.82. The topological polar surface area (TPSA) is 74.6 Å². The van der Waals surface area contributed by atoms with Crippen LogP contribution in [0.15, 0.2) is 30.3 Å². The number of benzene rings is 1. The van der Waals surface area contributed by atoms with E-state index in [9.17, 15) is 4.79 Å². The first-order valence-electron chi connectivity index (χ1n) is 3.47. The maximum Gasteiger partial charge on any atom is 0.318 e. The highest BCUT2D eigenvalue weighted by atomic mass is 35.5. The van der Waals surface area contributed by atoms with E-state index in [1.54, 1.807) is 24.3 Å². The first kappa shape index (κ1) is 14.9. The number of carbonyl (C=O) groups excluding carboxylic acids is 1. The van der Waals surface area contributed by atoms with Crippen LogP contribution in [-0.2, 0) is 9.59 Å². The number of carboxylic acid groups (broad SMARTS) is 1. The van der Waals surface area contributed by atoms with Gasteiger partial charge in [-0.1, -0.05) is 18.2 Å². The summed E-state index contributed by atoms with van der Waals surface area (Å²) < 4.78 is 0. The minimum absolute atomic E-state index is 0.306. The van der Waals surface area contributed by atoms with E-state index in [0.717, 1.165) is 0 Å². The monoisotopic (exact) mass is 218 g/mol. The Kier molecular flexibility index (Phi) is 12.2. The summed E-state index contributed by atoms with van der Waals surface area (Å²) >= 11 is 4.74. The quantitative estimate of drug-likeness (QED) is 0.701. The van der Waals surface area contributed by atoms with Crippen LogP contribution in [0.25, 0.3) is 0 Å². The van der Waals surface area contributed by atoms with E-state index >= 15 is 0 Å². The molecule has 0 bridgehead atoms. The van der Waals surface area contributed by atoms with Gasteiger partial charge in [0, 0.05) is 0 Å². The number of carbonyl (C=O) groups is 2. The molecule has 0 saturated heterocycles. The average Bonchev–Trinajstić information content (AvgIpc) is 2.23. The summed E-state index contributed by atoms with van der Waals surface area (Å²) in [5, 5.41) is 16.2. The summed E-state index contributed by atoms with van der Waals surface area (Å²) in [5.41, 5.74) is 0. The number of aliphatic carboxylic acids is 1. The number of phenolic OH excluding ortho intramolecular Hbond substituents is 1. The molecule has 0 radical (unpaired) electrons. The number of alkyl halides is 1. The number of rotatable bonds is 1. The Hall–Kier alpha value is -1.55. The fraction of sp³-hybridized carbons (Fsp3) is 0.111. The molecule has 0 fully saturated rings. The highest BCUT2D eigenvalue weighted by Gasteiger charge is 1.83. The summed E-state index contributed by atoms with van der Waals surface area (Å²) in [6.07, 6.45) is 0. The number of hydrogen-bond donors (Lipinski definition) is 2. The Bertz CT molecular complexity index is 238. The van der Waals surface area contributed by atoms with Gasteiger partial charge >= 0.3 is 5.97 Å². The van der Waals surface area contributed by atoms with Gasteiger partial charge in [-0.15, -0.1) is 11.6 Å². The average molecular weight is 219 g/mol. The van der Waals surface area contributed by atoms with Crippen LogP contribution in [0.3, 0.4) is 0 Å². The van der Waals surface area contributed by atoms with E-state index in [4.69, 9.17) is 26.6 Å². The molecule has 0 heterocycles. The van der Waals surface area contributed by atoms with Gasteiger partial charge in [-0.25, -0.2) is 0 Å². The molecule has 2 N–H and O–H groups in total. The molecule has 14 heavy (non-hydrogen) atoms. The Morgan fingerprint density at radius 3 is 1.79 bits per heavy atom. The van der Waals surface area contributed by atoms with Crippen molar-refractivity contribution in [3.8, 4) is 5.75 Å². The fourth-order valence-corrected chi connectivity index (χ4v) is 0.428. The normalized spacial score (nSPS) is 7.21. The summed E-state index contributed by atoms with van der Waals surface area (Å²) in [5.74, 6) is -0.964. The second-order valence-corrected chi connectivity index (χ2v) is 2.13. The second-order valence-electron chi connectivity index (χ2n) is 1.86. The van der Waals surface area contributed by atoms with Crippen molar-refractivity contribution >= 4 is 24.4 Å². The Morgan fingerprint density at radius 2 is 1.64 bits per heavy atom. The Morgan fingerprint density at radius 1 is 1.29 bits per heavy atom. The van der Waals surface area contributed by atoms with Crippen LogP contribution in [0.5, 0.6) is 5.75 Å². The second kappa shape index (κ2) is 11.4. The summed E-state index contributed by atoms with van der Waals surface area (Å²) in [4.78, 5) is 17.2. The zero-order valence-electron chi connectivity index (χ0n) is 7.39. The molecule has 0 unspecified atom stereocenters. The molecule has 1 rings (SSSR count). The summed E-state index contributed by atoms with van der Waals surface area (Å²) in [6, 6.07) is 8.71. The van der Waals surface area contributed by atoms with Gasteiger partial charge < -0.3 is 15.0 Å². The lowest BCUT2D eigenvalue weighted by atomic mass is 10.3. The van der Waals surface area contributed by atoms with Gasteiger partial charge in [0.1, 0.15) is 18.4 Å². The van der Waals surface area contributed by atoms with E-state index in [1.807, 2.05) is 12.9 Å². The van der Waals surface area contributed by atoms with Crippen molar-refractivity contribution in [3.63, 3.8) is 0 Å². The first-order chi connectivity index (χ1) is 6.66. The molecule has 0 saturated carbocycles. The molecule has 0 amide bonds. The molecule has 5 heteroatoms. The van der Waals surface area contributed by atoms with E-state index in [0.29, 0.717) is 5.75 Å². The number of carboxylic acids is 1. The first-order valence-corrected chi connectivity index (χ1v) is 4.01. The number of phenols is 1. The Labute approximate surface area is 86.8 Å². The van der Waals surface area contributed by atoms with E-state index in [2.05, 4.69) is 0 Å². The predicted octanol–water partition coefficient (Wildman–Crippen LogP) is 1.52. The van der Waals surface area contributed by atoms with E-state index in [1.165, 1.54) is 0 Å².